The first kappa shape index (κ1) is 29.5. The third kappa shape index (κ3) is 5.53. The summed E-state index contributed by atoms with van der Waals surface area (Å²) >= 11 is 0. The third-order valence-electron chi connectivity index (χ3n) is 9.59. The van der Waals surface area contributed by atoms with Crippen molar-refractivity contribution in [2.24, 2.45) is 0 Å². The number of aromatic nitrogens is 1. The molecule has 0 aliphatic heterocycles. The first-order chi connectivity index (χ1) is 24.8. The SMILES string of the molecule is c1ccc(-c2ccc(Nc3cc(-c4ccc5c6ccccc6n(-c6cccc(-c7ccccc7)c6)c5c4)ccc3-c3ccccc3)cc2)cc1. The quantitative estimate of drug-likeness (QED) is 0.184. The second kappa shape index (κ2) is 12.8. The van der Waals surface area contributed by atoms with Crippen LogP contribution in [0.2, 0.25) is 0 Å². The number of rotatable bonds is 7. The van der Waals surface area contributed by atoms with E-state index in [0.29, 0.717) is 0 Å². The van der Waals surface area contributed by atoms with Gasteiger partial charge in [-0.25, -0.2) is 0 Å². The molecule has 0 saturated carbocycles. The zero-order valence-electron chi connectivity index (χ0n) is 27.5. The van der Waals surface area contributed by atoms with Crippen LogP contribution in [0.15, 0.2) is 200 Å². The van der Waals surface area contributed by atoms with E-state index in [2.05, 4.69) is 210 Å². The monoisotopic (exact) mass is 638 g/mol. The fourth-order valence-corrected chi connectivity index (χ4v) is 7.11. The van der Waals surface area contributed by atoms with Crippen molar-refractivity contribution in [3.05, 3.63) is 200 Å². The summed E-state index contributed by atoms with van der Waals surface area (Å²) in [4.78, 5) is 0. The van der Waals surface area contributed by atoms with Gasteiger partial charge in [0.25, 0.3) is 0 Å². The first-order valence-electron chi connectivity index (χ1n) is 17.1. The molecule has 0 spiro atoms. The summed E-state index contributed by atoms with van der Waals surface area (Å²) in [5, 5.41) is 6.27. The largest absolute Gasteiger partial charge is 0.355 e. The molecule has 1 N–H and O–H groups in total. The summed E-state index contributed by atoms with van der Waals surface area (Å²) < 4.78 is 2.41. The number of para-hydroxylation sites is 1. The van der Waals surface area contributed by atoms with Gasteiger partial charge in [0, 0.05) is 33.4 Å². The van der Waals surface area contributed by atoms with Crippen molar-refractivity contribution < 1.29 is 0 Å². The third-order valence-corrected chi connectivity index (χ3v) is 9.59. The van der Waals surface area contributed by atoms with Crippen molar-refractivity contribution in [2.45, 2.75) is 0 Å². The summed E-state index contributed by atoms with van der Waals surface area (Å²) in [7, 11) is 0. The standard InChI is InChI=1S/C48H34N2/c1-4-13-34(14-5-1)36-23-27-41(28-24-36)49-46-32-39(25-29-43(46)37-17-8-3-9-18-37)40-26-30-45-44-21-10-11-22-47(44)50(48(45)33-40)42-20-12-19-38(31-42)35-15-6-2-7-16-35/h1-33,49H. The molecule has 0 atom stereocenters. The minimum Gasteiger partial charge on any atom is -0.355 e. The highest BCUT2D eigenvalue weighted by Gasteiger charge is 2.15. The Morgan fingerprint density at radius 1 is 0.320 bits per heavy atom. The van der Waals surface area contributed by atoms with Crippen LogP contribution in [-0.4, -0.2) is 4.57 Å². The first-order valence-corrected chi connectivity index (χ1v) is 17.1. The Bertz CT molecular complexity index is 2580. The van der Waals surface area contributed by atoms with Crippen molar-refractivity contribution in [1.29, 1.82) is 0 Å². The van der Waals surface area contributed by atoms with Crippen molar-refractivity contribution in [2.75, 3.05) is 5.32 Å². The lowest BCUT2D eigenvalue weighted by Crippen LogP contribution is -1.96. The van der Waals surface area contributed by atoms with Crippen molar-refractivity contribution in [3.8, 4) is 50.2 Å². The minimum absolute atomic E-state index is 1.05. The van der Waals surface area contributed by atoms with Crippen molar-refractivity contribution in [3.63, 3.8) is 0 Å². The van der Waals surface area contributed by atoms with Gasteiger partial charge in [-0.15, -0.1) is 0 Å². The van der Waals surface area contributed by atoms with Crippen LogP contribution in [0.3, 0.4) is 0 Å². The van der Waals surface area contributed by atoms with E-state index in [1.807, 2.05) is 0 Å². The summed E-state index contributed by atoms with van der Waals surface area (Å²) in [6, 6.07) is 71.7. The van der Waals surface area contributed by atoms with E-state index >= 15 is 0 Å². The van der Waals surface area contributed by atoms with Gasteiger partial charge >= 0.3 is 0 Å². The normalized spacial score (nSPS) is 11.2. The van der Waals surface area contributed by atoms with Crippen molar-refractivity contribution in [1.82, 2.24) is 4.57 Å². The van der Waals surface area contributed by atoms with Crippen LogP contribution in [0.25, 0.3) is 72.0 Å². The summed E-state index contributed by atoms with van der Waals surface area (Å²) in [5.74, 6) is 0. The second-order valence-electron chi connectivity index (χ2n) is 12.7. The lowest BCUT2D eigenvalue weighted by molar-refractivity contribution is 1.18. The number of hydrogen-bond donors (Lipinski definition) is 1. The maximum atomic E-state index is 3.77. The molecule has 0 radical (unpaired) electrons. The van der Waals surface area contributed by atoms with Crippen LogP contribution in [0.5, 0.6) is 0 Å². The van der Waals surface area contributed by atoms with Crippen LogP contribution in [0, 0.1) is 0 Å². The number of benzene rings is 8. The summed E-state index contributed by atoms with van der Waals surface area (Å²) in [6.45, 7) is 0. The number of hydrogen-bond acceptors (Lipinski definition) is 1. The Hall–Kier alpha value is -6.64. The molecule has 0 bridgehead atoms. The van der Waals surface area contributed by atoms with E-state index in [9.17, 15) is 0 Å². The van der Waals surface area contributed by atoms with Crippen LogP contribution in [0.4, 0.5) is 11.4 Å². The van der Waals surface area contributed by atoms with Crippen LogP contribution < -0.4 is 5.32 Å². The number of nitrogens with one attached hydrogen (secondary N) is 1. The van der Waals surface area contributed by atoms with Gasteiger partial charge in [0.2, 0.25) is 0 Å². The molecule has 50 heavy (non-hydrogen) atoms. The molecule has 1 heterocycles. The van der Waals surface area contributed by atoms with E-state index in [1.165, 1.54) is 55.2 Å². The molecule has 2 nitrogen and oxygen atoms in total. The highest BCUT2D eigenvalue weighted by atomic mass is 15.0. The highest BCUT2D eigenvalue weighted by molar-refractivity contribution is 6.10. The fraction of sp³-hybridized carbons (Fsp3) is 0. The van der Waals surface area contributed by atoms with Gasteiger partial charge in [-0.05, 0) is 81.4 Å². The van der Waals surface area contributed by atoms with Gasteiger partial charge in [-0.1, -0.05) is 158 Å². The molecule has 236 valence electrons. The fourth-order valence-electron chi connectivity index (χ4n) is 7.11. The number of nitrogens with zero attached hydrogens (tertiary/aromatic N) is 1. The second-order valence-corrected chi connectivity index (χ2v) is 12.7. The molecule has 0 fully saturated rings. The van der Waals surface area contributed by atoms with Gasteiger partial charge < -0.3 is 9.88 Å². The van der Waals surface area contributed by atoms with Crippen LogP contribution in [-0.2, 0) is 0 Å². The van der Waals surface area contributed by atoms with E-state index < -0.39 is 0 Å². The molecular formula is C48H34N2. The number of anilines is 2. The van der Waals surface area contributed by atoms with Crippen LogP contribution >= 0.6 is 0 Å². The molecule has 8 aromatic carbocycles. The van der Waals surface area contributed by atoms with Gasteiger partial charge in [0.15, 0.2) is 0 Å². The molecule has 0 unspecified atom stereocenters. The minimum atomic E-state index is 1.05. The summed E-state index contributed by atoms with van der Waals surface area (Å²) in [5.41, 5.74) is 15.1. The average molecular weight is 639 g/mol. The molecular weight excluding hydrogens is 605 g/mol. The summed E-state index contributed by atoms with van der Waals surface area (Å²) in [6.07, 6.45) is 0. The van der Waals surface area contributed by atoms with E-state index in [4.69, 9.17) is 0 Å². The molecule has 9 rings (SSSR count). The van der Waals surface area contributed by atoms with E-state index in [1.54, 1.807) is 0 Å². The van der Waals surface area contributed by atoms with Crippen molar-refractivity contribution >= 4 is 33.2 Å². The molecule has 2 heteroatoms. The predicted molar refractivity (Wildman–Crippen MR) is 212 cm³/mol. The molecule has 1 aromatic heterocycles. The smallest absolute Gasteiger partial charge is 0.0547 e. The Morgan fingerprint density at radius 3 is 1.58 bits per heavy atom. The van der Waals surface area contributed by atoms with Gasteiger partial charge in [0.05, 0.1) is 11.0 Å². The predicted octanol–water partition coefficient (Wildman–Crippen LogP) is 13.2. The Labute approximate surface area is 292 Å². The van der Waals surface area contributed by atoms with E-state index in [-0.39, 0.29) is 0 Å². The molecule has 0 amide bonds. The lowest BCUT2D eigenvalue weighted by atomic mass is 9.97. The molecule has 9 aromatic rings. The van der Waals surface area contributed by atoms with Gasteiger partial charge in [-0.3, -0.25) is 0 Å². The highest BCUT2D eigenvalue weighted by Crippen LogP contribution is 2.39. The molecule has 0 saturated heterocycles. The zero-order chi connectivity index (χ0) is 33.3. The lowest BCUT2D eigenvalue weighted by Gasteiger charge is -2.16. The van der Waals surface area contributed by atoms with Gasteiger partial charge in [0.1, 0.15) is 0 Å². The Balaban J connectivity index is 1.16. The average Bonchev–Trinajstić information content (AvgIpc) is 3.53. The van der Waals surface area contributed by atoms with Crippen LogP contribution in [0.1, 0.15) is 0 Å². The maximum absolute atomic E-state index is 3.77. The van der Waals surface area contributed by atoms with Gasteiger partial charge in [-0.2, -0.15) is 0 Å². The number of fused-ring (bicyclic) bond motifs is 3. The maximum Gasteiger partial charge on any atom is 0.0547 e. The molecule has 0 aliphatic carbocycles. The Morgan fingerprint density at radius 2 is 0.840 bits per heavy atom. The molecule has 0 aliphatic rings. The topological polar surface area (TPSA) is 17.0 Å². The van der Waals surface area contributed by atoms with E-state index in [0.717, 1.165) is 28.2 Å². The zero-order valence-corrected chi connectivity index (χ0v) is 27.5. The Kier molecular flexibility index (Phi) is 7.53.